The van der Waals surface area contributed by atoms with Crippen LogP contribution >= 0.6 is 0 Å². The van der Waals surface area contributed by atoms with Gasteiger partial charge in [0.1, 0.15) is 5.76 Å². The molecule has 2 heterocycles. The average Bonchev–Trinajstić information content (AvgIpc) is 3.42. The number of aromatic nitrogens is 2. The minimum atomic E-state index is -0.184. The quantitative estimate of drug-likeness (QED) is 0.477. The zero-order chi connectivity index (χ0) is 19.9. The van der Waals surface area contributed by atoms with Crippen LogP contribution in [-0.2, 0) is 17.9 Å². The van der Waals surface area contributed by atoms with Gasteiger partial charge in [-0.05, 0) is 23.8 Å². The van der Waals surface area contributed by atoms with Crippen LogP contribution in [0.1, 0.15) is 16.9 Å². The normalized spacial score (nSPS) is 11.0. The Morgan fingerprint density at radius 1 is 1.00 bits per heavy atom. The van der Waals surface area contributed by atoms with Crippen LogP contribution in [0, 0.1) is 0 Å². The number of hydrogen-bond donors (Lipinski definition) is 1. The second kappa shape index (κ2) is 8.89. The number of nitrogens with one attached hydrogen (secondary N) is 1. The van der Waals surface area contributed by atoms with Crippen molar-refractivity contribution in [3.05, 3.63) is 108 Å². The molecule has 29 heavy (non-hydrogen) atoms. The molecule has 0 radical (unpaired) electrons. The molecule has 0 unspecified atom stereocenters. The van der Waals surface area contributed by atoms with E-state index in [0.29, 0.717) is 18.8 Å². The molecule has 5 nitrogen and oxygen atoms in total. The smallest absolute Gasteiger partial charge is 0.244 e. The van der Waals surface area contributed by atoms with Gasteiger partial charge in [-0.3, -0.25) is 9.48 Å². The lowest BCUT2D eigenvalue weighted by molar-refractivity contribution is -0.116. The molecule has 1 N–H and O–H groups in total. The summed E-state index contributed by atoms with van der Waals surface area (Å²) in [6.07, 6.45) is 6.68. The fourth-order valence-corrected chi connectivity index (χ4v) is 3.07. The first kappa shape index (κ1) is 18.5. The lowest BCUT2D eigenvalue weighted by atomic mass is 10.1. The molecule has 0 spiro atoms. The third kappa shape index (κ3) is 4.90. The molecule has 144 valence electrons. The Morgan fingerprint density at radius 2 is 1.76 bits per heavy atom. The van der Waals surface area contributed by atoms with Crippen molar-refractivity contribution in [2.75, 3.05) is 0 Å². The van der Waals surface area contributed by atoms with Crippen LogP contribution in [0.15, 0.2) is 95.7 Å². The van der Waals surface area contributed by atoms with Gasteiger partial charge in [-0.1, -0.05) is 60.7 Å². The summed E-state index contributed by atoms with van der Waals surface area (Å²) in [5.74, 6) is 0.456. The van der Waals surface area contributed by atoms with Gasteiger partial charge in [0, 0.05) is 29.9 Å². The van der Waals surface area contributed by atoms with E-state index >= 15 is 0 Å². The van der Waals surface area contributed by atoms with E-state index in [1.165, 1.54) is 11.6 Å². The van der Waals surface area contributed by atoms with Crippen molar-refractivity contribution in [2.45, 2.75) is 13.1 Å². The van der Waals surface area contributed by atoms with Crippen molar-refractivity contribution in [3.63, 3.8) is 0 Å². The van der Waals surface area contributed by atoms with E-state index in [1.54, 1.807) is 24.5 Å². The largest absolute Gasteiger partial charge is 0.465 e. The maximum atomic E-state index is 12.2. The number of carbonyl (C=O) groups is 1. The summed E-state index contributed by atoms with van der Waals surface area (Å²) in [4.78, 5) is 12.2. The summed E-state index contributed by atoms with van der Waals surface area (Å²) in [7, 11) is 0. The number of amides is 1. The molecule has 0 bridgehead atoms. The van der Waals surface area contributed by atoms with Gasteiger partial charge in [0.25, 0.3) is 0 Å². The fourth-order valence-electron chi connectivity index (χ4n) is 3.07. The topological polar surface area (TPSA) is 60.1 Å². The van der Waals surface area contributed by atoms with Crippen LogP contribution in [0.3, 0.4) is 0 Å². The molecule has 4 aromatic rings. The van der Waals surface area contributed by atoms with Gasteiger partial charge in [-0.25, -0.2) is 0 Å². The zero-order valence-electron chi connectivity index (χ0n) is 15.9. The molecule has 0 saturated heterocycles. The number of rotatable bonds is 7. The molecule has 0 aliphatic heterocycles. The van der Waals surface area contributed by atoms with Crippen molar-refractivity contribution < 1.29 is 9.21 Å². The van der Waals surface area contributed by atoms with Crippen LogP contribution < -0.4 is 5.32 Å². The van der Waals surface area contributed by atoms with E-state index in [4.69, 9.17) is 9.52 Å². The zero-order valence-corrected chi connectivity index (χ0v) is 15.9. The number of nitrogens with zero attached hydrogens (tertiary/aromatic N) is 2. The van der Waals surface area contributed by atoms with E-state index in [2.05, 4.69) is 17.4 Å². The second-order valence-electron chi connectivity index (χ2n) is 6.62. The minimum absolute atomic E-state index is 0.184. The highest BCUT2D eigenvalue weighted by atomic mass is 16.3. The molecule has 5 heteroatoms. The summed E-state index contributed by atoms with van der Waals surface area (Å²) < 4.78 is 7.12. The van der Waals surface area contributed by atoms with Gasteiger partial charge in [-0.15, -0.1) is 0 Å². The second-order valence-corrected chi connectivity index (χ2v) is 6.62. The predicted molar refractivity (Wildman–Crippen MR) is 113 cm³/mol. The molecule has 4 rings (SSSR count). The Bertz CT molecular complexity index is 1080. The highest BCUT2D eigenvalue weighted by molar-refractivity contribution is 5.91. The van der Waals surface area contributed by atoms with Gasteiger partial charge < -0.3 is 9.73 Å². The van der Waals surface area contributed by atoms with Crippen molar-refractivity contribution in [1.82, 2.24) is 15.1 Å². The van der Waals surface area contributed by atoms with Crippen LogP contribution in [0.25, 0.3) is 17.3 Å². The number of furan rings is 1. The maximum Gasteiger partial charge on any atom is 0.244 e. The first-order chi connectivity index (χ1) is 14.3. The molecule has 1 amide bonds. The molecule has 2 aromatic heterocycles. The molecular weight excluding hydrogens is 362 g/mol. The Morgan fingerprint density at radius 3 is 2.48 bits per heavy atom. The number of benzene rings is 2. The Hall–Kier alpha value is -3.86. The molecule has 0 saturated carbocycles. The van der Waals surface area contributed by atoms with Gasteiger partial charge in [0.05, 0.1) is 18.5 Å². The monoisotopic (exact) mass is 383 g/mol. The molecule has 0 aliphatic rings. The highest BCUT2D eigenvalue weighted by Gasteiger charge is 2.12. The Kier molecular flexibility index (Phi) is 5.67. The summed E-state index contributed by atoms with van der Waals surface area (Å²) >= 11 is 0. The summed E-state index contributed by atoms with van der Waals surface area (Å²) in [6.45, 7) is 1.06. The predicted octanol–water partition coefficient (Wildman–Crippen LogP) is 4.52. The van der Waals surface area contributed by atoms with Crippen LogP contribution in [0.4, 0.5) is 0 Å². The summed E-state index contributed by atoms with van der Waals surface area (Å²) in [5.41, 5.74) is 4.03. The molecule has 0 aliphatic carbocycles. The SMILES string of the molecule is O=C(/C=C/c1ccco1)NCc1cn(Cc2ccccc2)nc1-c1ccccc1. The molecule has 0 atom stereocenters. The first-order valence-corrected chi connectivity index (χ1v) is 9.43. The van der Waals surface area contributed by atoms with E-state index in [-0.39, 0.29) is 5.91 Å². The lowest BCUT2D eigenvalue weighted by Gasteiger charge is -2.03. The van der Waals surface area contributed by atoms with Gasteiger partial charge >= 0.3 is 0 Å². The molecule has 0 fully saturated rings. The van der Waals surface area contributed by atoms with Crippen LogP contribution in [0.2, 0.25) is 0 Å². The highest BCUT2D eigenvalue weighted by Crippen LogP contribution is 2.22. The molecule has 2 aromatic carbocycles. The van der Waals surface area contributed by atoms with Crippen LogP contribution in [-0.4, -0.2) is 15.7 Å². The Labute approximate surface area is 169 Å². The van der Waals surface area contributed by atoms with Crippen molar-refractivity contribution in [1.29, 1.82) is 0 Å². The lowest BCUT2D eigenvalue weighted by Crippen LogP contribution is -2.20. The van der Waals surface area contributed by atoms with Crippen molar-refractivity contribution in [2.24, 2.45) is 0 Å². The van der Waals surface area contributed by atoms with Crippen molar-refractivity contribution >= 4 is 12.0 Å². The Balaban J connectivity index is 1.52. The first-order valence-electron chi connectivity index (χ1n) is 9.43. The van der Waals surface area contributed by atoms with Gasteiger partial charge in [0.2, 0.25) is 5.91 Å². The molecular formula is C24H21N3O2. The summed E-state index contributed by atoms with van der Waals surface area (Å²) in [5, 5.41) is 7.70. The standard InChI is InChI=1S/C24H21N3O2/c28-23(14-13-22-12-7-15-29-22)25-16-21-18-27(17-19-8-3-1-4-9-19)26-24(21)20-10-5-2-6-11-20/h1-15,18H,16-17H2,(H,25,28)/b14-13+. The number of carbonyl (C=O) groups excluding carboxylic acids is 1. The van der Waals surface area contributed by atoms with Crippen LogP contribution in [0.5, 0.6) is 0 Å². The van der Waals surface area contributed by atoms with E-state index < -0.39 is 0 Å². The fraction of sp³-hybridized carbons (Fsp3) is 0.0833. The summed E-state index contributed by atoms with van der Waals surface area (Å²) in [6, 6.07) is 23.8. The van der Waals surface area contributed by atoms with E-state index in [9.17, 15) is 4.79 Å². The average molecular weight is 383 g/mol. The van der Waals surface area contributed by atoms with E-state index in [1.807, 2.05) is 59.4 Å². The van der Waals surface area contributed by atoms with E-state index in [0.717, 1.165) is 16.8 Å². The minimum Gasteiger partial charge on any atom is -0.465 e. The van der Waals surface area contributed by atoms with Gasteiger partial charge in [-0.2, -0.15) is 5.10 Å². The third-order valence-electron chi connectivity index (χ3n) is 4.47. The number of hydrogen-bond acceptors (Lipinski definition) is 3. The van der Waals surface area contributed by atoms with Crippen molar-refractivity contribution in [3.8, 4) is 11.3 Å². The maximum absolute atomic E-state index is 12.2. The van der Waals surface area contributed by atoms with Gasteiger partial charge in [0.15, 0.2) is 0 Å². The third-order valence-corrected chi connectivity index (χ3v) is 4.47.